The molecular formula is C28H22O8. The molecule has 0 aliphatic carbocycles. The molecule has 0 saturated carbocycles. The third-order valence-corrected chi connectivity index (χ3v) is 6.31. The normalized spacial score (nSPS) is 14.6. The molecule has 1 aliphatic rings. The minimum Gasteiger partial charge on any atom is -0.497 e. The zero-order valence-electron chi connectivity index (χ0n) is 19.8. The van der Waals surface area contributed by atoms with E-state index in [0.717, 1.165) is 5.56 Å². The van der Waals surface area contributed by atoms with Crippen molar-refractivity contribution in [2.75, 3.05) is 21.3 Å². The van der Waals surface area contributed by atoms with E-state index in [-0.39, 0.29) is 34.3 Å². The fraction of sp³-hybridized carbons (Fsp3) is 0.179. The maximum atomic E-state index is 13.7. The van der Waals surface area contributed by atoms with Crippen LogP contribution in [0.1, 0.15) is 33.8 Å². The van der Waals surface area contributed by atoms with Crippen LogP contribution in [0.3, 0.4) is 0 Å². The lowest BCUT2D eigenvalue weighted by Crippen LogP contribution is -2.22. The summed E-state index contributed by atoms with van der Waals surface area (Å²) in [6.07, 6.45) is 1.44. The van der Waals surface area contributed by atoms with Gasteiger partial charge in [-0.25, -0.2) is 4.79 Å². The third-order valence-electron chi connectivity index (χ3n) is 6.31. The molecule has 8 nitrogen and oxygen atoms in total. The molecule has 0 saturated heterocycles. The van der Waals surface area contributed by atoms with Gasteiger partial charge in [0.15, 0.2) is 0 Å². The average Bonchev–Trinajstić information content (AvgIpc) is 2.91. The predicted molar refractivity (Wildman–Crippen MR) is 131 cm³/mol. The van der Waals surface area contributed by atoms with Crippen molar-refractivity contribution in [1.82, 2.24) is 0 Å². The highest BCUT2D eigenvalue weighted by molar-refractivity contribution is 5.94. The van der Waals surface area contributed by atoms with Crippen molar-refractivity contribution < 1.29 is 33.0 Å². The van der Waals surface area contributed by atoms with Crippen molar-refractivity contribution in [3.8, 4) is 28.4 Å². The van der Waals surface area contributed by atoms with Crippen LogP contribution >= 0.6 is 0 Å². The van der Waals surface area contributed by atoms with Crippen LogP contribution in [0.25, 0.3) is 22.1 Å². The summed E-state index contributed by atoms with van der Waals surface area (Å²) in [5, 5.41) is 0.249. The van der Waals surface area contributed by atoms with Gasteiger partial charge in [-0.3, -0.25) is 9.59 Å². The third kappa shape index (κ3) is 3.86. The van der Waals surface area contributed by atoms with Crippen molar-refractivity contribution >= 4 is 22.9 Å². The predicted octanol–water partition coefficient (Wildman–Crippen LogP) is 4.70. The minimum atomic E-state index is -0.462. The molecule has 1 atom stereocenters. The fourth-order valence-corrected chi connectivity index (χ4v) is 4.50. The molecule has 1 aliphatic heterocycles. The van der Waals surface area contributed by atoms with E-state index in [2.05, 4.69) is 0 Å². The Morgan fingerprint density at radius 1 is 0.944 bits per heavy atom. The lowest BCUT2D eigenvalue weighted by Gasteiger charge is -2.26. The number of fused-ring (bicyclic) bond motifs is 3. The van der Waals surface area contributed by atoms with Crippen LogP contribution < -0.4 is 19.6 Å². The van der Waals surface area contributed by atoms with Gasteiger partial charge in [0.25, 0.3) is 0 Å². The standard InChI is InChI=1S/C28H22O8/c1-32-18-10-8-16(9-11-18)20-14-35-27-24-19(15-4-6-17(7-5-15)28(31)34-3)12-23(29)36-22(24)13-21(33-2)25(27)26(20)30/h4-11,13-14,19H,12H2,1-3H3. The summed E-state index contributed by atoms with van der Waals surface area (Å²) in [7, 11) is 4.32. The first kappa shape index (κ1) is 23.2. The van der Waals surface area contributed by atoms with E-state index in [1.165, 1.54) is 20.5 Å². The summed E-state index contributed by atoms with van der Waals surface area (Å²) in [5.74, 6) is -0.185. The topological polar surface area (TPSA) is 101 Å². The van der Waals surface area contributed by atoms with Gasteiger partial charge in [0, 0.05) is 17.5 Å². The SMILES string of the molecule is COC(=O)c1ccc(C2CC(=O)Oc3cc(OC)c4c(=O)c(-c5ccc(OC)cc5)coc4c32)cc1. The van der Waals surface area contributed by atoms with E-state index < -0.39 is 17.9 Å². The summed E-state index contributed by atoms with van der Waals surface area (Å²) in [4.78, 5) is 38.0. The van der Waals surface area contributed by atoms with Crippen LogP contribution in [0.5, 0.6) is 17.2 Å². The van der Waals surface area contributed by atoms with Crippen molar-refractivity contribution in [3.05, 3.63) is 87.8 Å². The second kappa shape index (κ2) is 9.22. The van der Waals surface area contributed by atoms with Gasteiger partial charge in [-0.1, -0.05) is 24.3 Å². The summed E-state index contributed by atoms with van der Waals surface area (Å²) >= 11 is 0. The minimum absolute atomic E-state index is 0.0376. The molecule has 36 heavy (non-hydrogen) atoms. The van der Waals surface area contributed by atoms with Crippen LogP contribution in [0.15, 0.2) is 70.1 Å². The quantitative estimate of drug-likeness (QED) is 0.295. The van der Waals surface area contributed by atoms with Gasteiger partial charge in [-0.15, -0.1) is 0 Å². The number of carbonyl (C=O) groups excluding carboxylic acids is 2. The lowest BCUT2D eigenvalue weighted by atomic mass is 9.84. The Kier molecular flexibility index (Phi) is 5.93. The molecular weight excluding hydrogens is 464 g/mol. The van der Waals surface area contributed by atoms with E-state index in [1.54, 1.807) is 61.7 Å². The maximum absolute atomic E-state index is 13.7. The summed E-state index contributed by atoms with van der Waals surface area (Å²) in [6.45, 7) is 0. The second-order valence-electron chi connectivity index (χ2n) is 8.25. The van der Waals surface area contributed by atoms with Crippen LogP contribution in [0.4, 0.5) is 0 Å². The van der Waals surface area contributed by atoms with Crippen molar-refractivity contribution in [2.45, 2.75) is 12.3 Å². The van der Waals surface area contributed by atoms with E-state index in [4.69, 9.17) is 23.4 Å². The Morgan fingerprint density at radius 3 is 2.31 bits per heavy atom. The highest BCUT2D eigenvalue weighted by Gasteiger charge is 2.34. The number of carbonyl (C=O) groups is 2. The number of benzene rings is 3. The Labute approximate surface area is 206 Å². The van der Waals surface area contributed by atoms with Gasteiger partial charge in [-0.05, 0) is 35.4 Å². The van der Waals surface area contributed by atoms with Crippen LogP contribution in [0, 0.1) is 0 Å². The molecule has 0 radical (unpaired) electrons. The molecule has 0 bridgehead atoms. The first-order valence-electron chi connectivity index (χ1n) is 11.1. The lowest BCUT2D eigenvalue weighted by molar-refractivity contribution is -0.135. The Bertz CT molecular complexity index is 1530. The number of hydrogen-bond acceptors (Lipinski definition) is 8. The smallest absolute Gasteiger partial charge is 0.337 e. The molecule has 1 aromatic heterocycles. The average molecular weight is 486 g/mol. The molecule has 0 amide bonds. The Balaban J connectivity index is 1.71. The first-order chi connectivity index (χ1) is 17.4. The van der Waals surface area contributed by atoms with Crippen LogP contribution in [-0.4, -0.2) is 33.3 Å². The van der Waals surface area contributed by atoms with Gasteiger partial charge in [0.2, 0.25) is 5.43 Å². The molecule has 2 heterocycles. The van der Waals surface area contributed by atoms with Gasteiger partial charge in [-0.2, -0.15) is 0 Å². The van der Waals surface area contributed by atoms with Gasteiger partial charge in [0.1, 0.15) is 34.5 Å². The van der Waals surface area contributed by atoms with Crippen molar-refractivity contribution in [2.24, 2.45) is 0 Å². The Morgan fingerprint density at radius 2 is 1.67 bits per heavy atom. The highest BCUT2D eigenvalue weighted by atomic mass is 16.5. The Hall–Kier alpha value is -4.59. The van der Waals surface area contributed by atoms with E-state index >= 15 is 0 Å². The summed E-state index contributed by atoms with van der Waals surface area (Å²) < 4.78 is 27.1. The molecule has 4 aromatic rings. The molecule has 8 heteroatoms. The van der Waals surface area contributed by atoms with Gasteiger partial charge >= 0.3 is 11.9 Å². The molecule has 0 N–H and O–H groups in total. The number of rotatable bonds is 5. The first-order valence-corrected chi connectivity index (χ1v) is 11.1. The van der Waals surface area contributed by atoms with Crippen molar-refractivity contribution in [1.29, 1.82) is 0 Å². The molecule has 0 spiro atoms. The van der Waals surface area contributed by atoms with Gasteiger partial charge in [0.05, 0.1) is 38.9 Å². The molecule has 5 rings (SSSR count). The van der Waals surface area contributed by atoms with Crippen LogP contribution in [0.2, 0.25) is 0 Å². The molecule has 182 valence electrons. The number of methoxy groups -OCH3 is 3. The number of hydrogen-bond donors (Lipinski definition) is 0. The molecule has 0 fully saturated rings. The zero-order valence-corrected chi connectivity index (χ0v) is 19.8. The summed E-state index contributed by atoms with van der Waals surface area (Å²) in [5.41, 5.74) is 2.72. The molecule has 1 unspecified atom stereocenters. The summed E-state index contributed by atoms with van der Waals surface area (Å²) in [6, 6.07) is 15.4. The number of ether oxygens (including phenoxy) is 4. The highest BCUT2D eigenvalue weighted by Crippen LogP contribution is 2.46. The van der Waals surface area contributed by atoms with E-state index in [0.29, 0.717) is 28.0 Å². The van der Waals surface area contributed by atoms with Crippen molar-refractivity contribution in [3.63, 3.8) is 0 Å². The second-order valence-corrected chi connectivity index (χ2v) is 8.25. The number of esters is 2. The van der Waals surface area contributed by atoms with Gasteiger partial charge < -0.3 is 23.4 Å². The fourth-order valence-electron chi connectivity index (χ4n) is 4.50. The molecule has 3 aromatic carbocycles. The maximum Gasteiger partial charge on any atom is 0.337 e. The van der Waals surface area contributed by atoms with Crippen LogP contribution in [-0.2, 0) is 9.53 Å². The monoisotopic (exact) mass is 486 g/mol. The van der Waals surface area contributed by atoms with E-state index in [9.17, 15) is 14.4 Å². The zero-order chi connectivity index (χ0) is 25.4. The van der Waals surface area contributed by atoms with E-state index in [1.807, 2.05) is 0 Å². The largest absolute Gasteiger partial charge is 0.497 e.